The molecule has 0 radical (unpaired) electrons. The molecule has 1 aromatic carbocycles. The summed E-state index contributed by atoms with van der Waals surface area (Å²) in [6.45, 7) is 0. The number of hydrogen-bond acceptors (Lipinski definition) is 2. The van der Waals surface area contributed by atoms with Crippen LogP contribution in [0.3, 0.4) is 0 Å². The van der Waals surface area contributed by atoms with Crippen molar-refractivity contribution in [3.63, 3.8) is 0 Å². The summed E-state index contributed by atoms with van der Waals surface area (Å²) in [4.78, 5) is 12.3. The summed E-state index contributed by atoms with van der Waals surface area (Å²) in [5, 5.41) is 5.45. The maximum atomic E-state index is 12.3. The Balaban J connectivity index is 1.72. The van der Waals surface area contributed by atoms with Crippen LogP contribution in [0.5, 0.6) is 0 Å². The normalized spacial score (nSPS) is 15.5. The second-order valence-electron chi connectivity index (χ2n) is 5.45. The Morgan fingerprint density at radius 3 is 2.71 bits per heavy atom. The van der Waals surface area contributed by atoms with E-state index in [9.17, 15) is 4.79 Å². The largest absolute Gasteiger partial charge is 0.294 e. The predicted molar refractivity (Wildman–Crippen MR) is 84.2 cm³/mol. The van der Waals surface area contributed by atoms with Gasteiger partial charge in [0.2, 0.25) is 0 Å². The Hall–Kier alpha value is -1.32. The summed E-state index contributed by atoms with van der Waals surface area (Å²) in [6, 6.07) is 7.35. The summed E-state index contributed by atoms with van der Waals surface area (Å²) in [7, 11) is 0. The Morgan fingerprint density at radius 2 is 2.00 bits per heavy atom. The van der Waals surface area contributed by atoms with E-state index < -0.39 is 0 Å². The van der Waals surface area contributed by atoms with Crippen LogP contribution in [0.1, 0.15) is 47.8 Å². The predicted octanol–water partition coefficient (Wildman–Crippen LogP) is 4.73. The Labute approximate surface area is 133 Å². The number of Topliss-reactive ketones (excluding diaryl/α,β-unsaturated/α-hetero) is 1. The molecule has 0 N–H and O–H groups in total. The van der Waals surface area contributed by atoms with Crippen molar-refractivity contribution >= 4 is 29.0 Å². The number of benzene rings is 1. The van der Waals surface area contributed by atoms with Crippen molar-refractivity contribution in [3.8, 4) is 0 Å². The molecule has 0 spiro atoms. The van der Waals surface area contributed by atoms with Gasteiger partial charge in [0.25, 0.3) is 0 Å². The number of carbonyl (C=O) groups is 1. The van der Waals surface area contributed by atoms with Crippen molar-refractivity contribution in [3.05, 3.63) is 51.8 Å². The average Bonchev–Trinajstić information content (AvgIpc) is 3.08. The molecule has 0 aliphatic heterocycles. The fourth-order valence-corrected chi connectivity index (χ4v) is 3.33. The fourth-order valence-electron chi connectivity index (χ4n) is 2.82. The van der Waals surface area contributed by atoms with E-state index in [0.717, 1.165) is 5.69 Å². The molecule has 0 bridgehead atoms. The van der Waals surface area contributed by atoms with Gasteiger partial charge in [-0.3, -0.25) is 9.48 Å². The SMILES string of the molecule is O=C(Cc1ccn(C2CCCC2)n1)c1ccc(Cl)cc1Cl. The molecule has 3 rings (SSSR count). The molecule has 1 aromatic heterocycles. The number of halogens is 2. The van der Waals surface area contributed by atoms with E-state index in [1.165, 1.54) is 25.7 Å². The van der Waals surface area contributed by atoms with E-state index in [1.54, 1.807) is 18.2 Å². The Morgan fingerprint density at radius 1 is 1.24 bits per heavy atom. The Kier molecular flexibility index (Phi) is 4.32. The fraction of sp³-hybridized carbons (Fsp3) is 0.375. The zero-order chi connectivity index (χ0) is 14.8. The van der Waals surface area contributed by atoms with Crippen molar-refractivity contribution in [2.24, 2.45) is 0 Å². The molecule has 110 valence electrons. The van der Waals surface area contributed by atoms with Gasteiger partial charge in [-0.05, 0) is 37.1 Å². The van der Waals surface area contributed by atoms with E-state index in [0.29, 0.717) is 21.7 Å². The first-order valence-corrected chi connectivity index (χ1v) is 7.91. The van der Waals surface area contributed by atoms with Gasteiger partial charge in [-0.25, -0.2) is 0 Å². The Bertz CT molecular complexity index is 660. The molecule has 1 fully saturated rings. The highest BCUT2D eigenvalue weighted by Crippen LogP contribution is 2.29. The van der Waals surface area contributed by atoms with Crippen molar-refractivity contribution < 1.29 is 4.79 Å². The van der Waals surface area contributed by atoms with Gasteiger partial charge in [-0.2, -0.15) is 5.10 Å². The third-order valence-corrected chi connectivity index (χ3v) is 4.48. The zero-order valence-electron chi connectivity index (χ0n) is 11.6. The van der Waals surface area contributed by atoms with Gasteiger partial charge >= 0.3 is 0 Å². The van der Waals surface area contributed by atoms with Crippen molar-refractivity contribution in [1.29, 1.82) is 0 Å². The number of ketones is 1. The lowest BCUT2D eigenvalue weighted by Crippen LogP contribution is -2.08. The van der Waals surface area contributed by atoms with Crippen molar-refractivity contribution in [2.75, 3.05) is 0 Å². The molecule has 3 nitrogen and oxygen atoms in total. The van der Waals surface area contributed by atoms with Crippen LogP contribution >= 0.6 is 23.2 Å². The molecule has 1 heterocycles. The molecule has 0 unspecified atom stereocenters. The van der Waals surface area contributed by atoms with Crippen molar-refractivity contribution in [2.45, 2.75) is 38.1 Å². The second-order valence-corrected chi connectivity index (χ2v) is 6.29. The maximum absolute atomic E-state index is 12.3. The zero-order valence-corrected chi connectivity index (χ0v) is 13.1. The average molecular weight is 323 g/mol. The van der Waals surface area contributed by atoms with Crippen LogP contribution in [-0.4, -0.2) is 15.6 Å². The number of nitrogens with zero attached hydrogens (tertiary/aromatic N) is 2. The van der Waals surface area contributed by atoms with Crippen molar-refractivity contribution in [1.82, 2.24) is 9.78 Å². The van der Waals surface area contributed by atoms with Crippen LogP contribution in [0.15, 0.2) is 30.5 Å². The molecule has 0 saturated heterocycles. The first kappa shape index (κ1) is 14.6. The summed E-state index contributed by atoms with van der Waals surface area (Å²) < 4.78 is 2.00. The third kappa shape index (κ3) is 3.30. The van der Waals surface area contributed by atoms with E-state index in [4.69, 9.17) is 23.2 Å². The van der Waals surface area contributed by atoms with Gasteiger partial charge in [-0.1, -0.05) is 36.0 Å². The molecule has 0 atom stereocenters. The minimum atomic E-state index is -0.0339. The molecular formula is C16H16Cl2N2O. The molecule has 0 amide bonds. The van der Waals surface area contributed by atoms with Crippen LogP contribution in [0, 0.1) is 0 Å². The molecule has 2 aromatic rings. The summed E-state index contributed by atoms with van der Waals surface area (Å²) in [6.07, 6.45) is 7.12. The number of aromatic nitrogens is 2. The summed E-state index contributed by atoms with van der Waals surface area (Å²) in [5.41, 5.74) is 1.29. The summed E-state index contributed by atoms with van der Waals surface area (Å²) in [5.74, 6) is -0.0339. The number of rotatable bonds is 4. The van der Waals surface area contributed by atoms with Gasteiger partial charge in [0.15, 0.2) is 5.78 Å². The van der Waals surface area contributed by atoms with Gasteiger partial charge in [0.05, 0.1) is 23.2 Å². The van der Waals surface area contributed by atoms with Crippen LogP contribution < -0.4 is 0 Å². The quantitative estimate of drug-likeness (QED) is 0.762. The number of hydrogen-bond donors (Lipinski definition) is 0. The first-order valence-electron chi connectivity index (χ1n) is 7.16. The lowest BCUT2D eigenvalue weighted by molar-refractivity contribution is 0.0992. The van der Waals surface area contributed by atoms with E-state index in [1.807, 2.05) is 16.9 Å². The van der Waals surface area contributed by atoms with Gasteiger partial charge in [0.1, 0.15) is 0 Å². The topological polar surface area (TPSA) is 34.9 Å². The van der Waals surface area contributed by atoms with Crippen LogP contribution in [0.2, 0.25) is 10.0 Å². The minimum Gasteiger partial charge on any atom is -0.294 e. The lowest BCUT2D eigenvalue weighted by Gasteiger charge is -2.08. The minimum absolute atomic E-state index is 0.0339. The van der Waals surface area contributed by atoms with Gasteiger partial charge < -0.3 is 0 Å². The molecule has 5 heteroatoms. The summed E-state index contributed by atoms with van der Waals surface area (Å²) >= 11 is 11.9. The maximum Gasteiger partial charge on any atom is 0.170 e. The van der Waals surface area contributed by atoms with Crippen LogP contribution in [0.25, 0.3) is 0 Å². The van der Waals surface area contributed by atoms with E-state index in [-0.39, 0.29) is 12.2 Å². The smallest absolute Gasteiger partial charge is 0.170 e. The molecule has 1 saturated carbocycles. The molecule has 1 aliphatic rings. The standard InChI is InChI=1S/C16H16Cl2N2O/c17-11-5-6-14(15(18)9-11)16(21)10-12-7-8-20(19-12)13-3-1-2-4-13/h5-9,13H,1-4,10H2. The third-order valence-electron chi connectivity index (χ3n) is 3.94. The number of carbonyl (C=O) groups excluding carboxylic acids is 1. The highest BCUT2D eigenvalue weighted by Gasteiger charge is 2.19. The van der Waals surface area contributed by atoms with E-state index in [2.05, 4.69) is 5.10 Å². The highest BCUT2D eigenvalue weighted by molar-refractivity contribution is 6.36. The van der Waals surface area contributed by atoms with Gasteiger partial charge in [-0.15, -0.1) is 0 Å². The highest BCUT2D eigenvalue weighted by atomic mass is 35.5. The monoisotopic (exact) mass is 322 g/mol. The molecule has 21 heavy (non-hydrogen) atoms. The molecular weight excluding hydrogens is 307 g/mol. The second kappa shape index (κ2) is 6.20. The lowest BCUT2D eigenvalue weighted by atomic mass is 10.1. The van der Waals surface area contributed by atoms with Crippen LogP contribution in [0.4, 0.5) is 0 Å². The van der Waals surface area contributed by atoms with E-state index >= 15 is 0 Å². The van der Waals surface area contributed by atoms with Crippen LogP contribution in [-0.2, 0) is 6.42 Å². The van der Waals surface area contributed by atoms with Gasteiger partial charge in [0, 0.05) is 16.8 Å². The molecule has 1 aliphatic carbocycles. The first-order chi connectivity index (χ1) is 10.1.